The first kappa shape index (κ1) is 11.7. The second-order valence-corrected chi connectivity index (χ2v) is 4.84. The Bertz CT molecular complexity index is 381. The van der Waals surface area contributed by atoms with Gasteiger partial charge in [-0.2, -0.15) is 0 Å². The van der Waals surface area contributed by atoms with Crippen molar-refractivity contribution in [3.05, 3.63) is 28.8 Å². The Morgan fingerprint density at radius 1 is 1.56 bits per heavy atom. The van der Waals surface area contributed by atoms with Gasteiger partial charge in [0.2, 0.25) is 0 Å². The molecule has 88 valence electrons. The van der Waals surface area contributed by atoms with E-state index < -0.39 is 0 Å². The number of rotatable bonds is 3. The van der Waals surface area contributed by atoms with Gasteiger partial charge in [-0.15, -0.1) is 0 Å². The van der Waals surface area contributed by atoms with Crippen molar-refractivity contribution in [1.82, 2.24) is 0 Å². The Morgan fingerprint density at radius 3 is 2.94 bits per heavy atom. The fourth-order valence-electron chi connectivity index (χ4n) is 2.47. The zero-order chi connectivity index (χ0) is 11.7. The lowest BCUT2D eigenvalue weighted by Gasteiger charge is -2.30. The van der Waals surface area contributed by atoms with Crippen LogP contribution in [0.4, 0.5) is 5.69 Å². The van der Waals surface area contributed by atoms with E-state index in [1.807, 2.05) is 12.1 Å². The van der Waals surface area contributed by atoms with Gasteiger partial charge in [-0.3, -0.25) is 0 Å². The summed E-state index contributed by atoms with van der Waals surface area (Å²) in [5.74, 6) is 5.18. The normalized spacial score (nSPS) is 19.3. The highest BCUT2D eigenvalue weighted by atomic mass is 35.5. The summed E-state index contributed by atoms with van der Waals surface area (Å²) in [7, 11) is 0. The number of benzene rings is 1. The van der Waals surface area contributed by atoms with Crippen LogP contribution >= 0.6 is 11.6 Å². The van der Waals surface area contributed by atoms with Gasteiger partial charge in [0.15, 0.2) is 0 Å². The van der Waals surface area contributed by atoms with Gasteiger partial charge in [-0.05, 0) is 38.0 Å². The molecule has 0 saturated heterocycles. The highest BCUT2D eigenvalue weighted by Crippen LogP contribution is 2.37. The Balaban J connectivity index is 2.37. The number of nitrogens with two attached hydrogens (primary N) is 1. The molecule has 0 aromatic heterocycles. The smallest absolute Gasteiger partial charge is 0.0886 e. The first-order valence-electron chi connectivity index (χ1n) is 5.52. The molecule has 4 heteroatoms. The molecule has 0 amide bonds. The van der Waals surface area contributed by atoms with E-state index in [1.54, 1.807) is 0 Å². The first-order chi connectivity index (χ1) is 7.65. The minimum absolute atomic E-state index is 0.292. The third-order valence-electron chi connectivity index (χ3n) is 3.05. The Kier molecular flexibility index (Phi) is 3.38. The lowest BCUT2D eigenvalue weighted by molar-refractivity contribution is 0.122. The van der Waals surface area contributed by atoms with Crippen LogP contribution in [0.5, 0.6) is 0 Å². The van der Waals surface area contributed by atoms with Crippen molar-refractivity contribution in [2.75, 3.05) is 11.5 Å². The van der Waals surface area contributed by atoms with Crippen molar-refractivity contribution < 1.29 is 4.84 Å². The minimum atomic E-state index is 0.292. The van der Waals surface area contributed by atoms with Crippen LogP contribution in [0.3, 0.4) is 0 Å². The molecule has 16 heavy (non-hydrogen) atoms. The maximum absolute atomic E-state index is 6.21. The molecule has 1 aliphatic rings. The largest absolute Gasteiger partial charge is 0.363 e. The molecule has 0 saturated carbocycles. The molecule has 2 N–H and O–H groups in total. The zero-order valence-electron chi connectivity index (χ0n) is 9.61. The van der Waals surface area contributed by atoms with E-state index in [1.165, 1.54) is 11.3 Å². The van der Waals surface area contributed by atoms with E-state index >= 15 is 0 Å². The van der Waals surface area contributed by atoms with Crippen LogP contribution in [0.15, 0.2) is 18.2 Å². The molecule has 2 rings (SSSR count). The van der Waals surface area contributed by atoms with Crippen molar-refractivity contribution in [2.45, 2.75) is 32.4 Å². The SMILES string of the molecule is CC(C)N1c2cccc(Cl)c2CC1CON. The molecule has 1 unspecified atom stereocenters. The molecule has 0 bridgehead atoms. The lowest BCUT2D eigenvalue weighted by Crippen LogP contribution is -2.41. The van der Waals surface area contributed by atoms with E-state index in [4.69, 9.17) is 22.3 Å². The van der Waals surface area contributed by atoms with Crippen LogP contribution in [0.2, 0.25) is 5.02 Å². The molecule has 1 heterocycles. The van der Waals surface area contributed by atoms with E-state index in [2.05, 4.69) is 24.8 Å². The molecular formula is C12H17ClN2O. The summed E-state index contributed by atoms with van der Waals surface area (Å²) in [6, 6.07) is 6.74. The summed E-state index contributed by atoms with van der Waals surface area (Å²) in [4.78, 5) is 7.12. The van der Waals surface area contributed by atoms with Gasteiger partial charge in [-0.1, -0.05) is 17.7 Å². The maximum Gasteiger partial charge on any atom is 0.0886 e. The summed E-state index contributed by atoms with van der Waals surface area (Å²) in [6.45, 7) is 4.86. The summed E-state index contributed by atoms with van der Waals surface area (Å²) >= 11 is 6.21. The molecule has 1 atom stereocenters. The van der Waals surface area contributed by atoms with Crippen LogP contribution in [0, 0.1) is 0 Å². The van der Waals surface area contributed by atoms with Gasteiger partial charge in [0.25, 0.3) is 0 Å². The zero-order valence-corrected chi connectivity index (χ0v) is 10.4. The quantitative estimate of drug-likeness (QED) is 0.825. The van der Waals surface area contributed by atoms with Crippen LogP contribution in [0.1, 0.15) is 19.4 Å². The Hall–Kier alpha value is -0.770. The summed E-state index contributed by atoms with van der Waals surface area (Å²) in [6.07, 6.45) is 0.907. The van der Waals surface area contributed by atoms with E-state index in [-0.39, 0.29) is 0 Å². The van der Waals surface area contributed by atoms with Crippen molar-refractivity contribution >= 4 is 17.3 Å². The van der Waals surface area contributed by atoms with Gasteiger partial charge in [-0.25, -0.2) is 5.90 Å². The average Bonchev–Trinajstić information content (AvgIpc) is 2.58. The van der Waals surface area contributed by atoms with Crippen LogP contribution in [0.25, 0.3) is 0 Å². The van der Waals surface area contributed by atoms with E-state index in [0.29, 0.717) is 18.7 Å². The standard InChI is InChI=1S/C12H17ClN2O/c1-8(2)15-9(7-16-14)6-10-11(13)4-3-5-12(10)15/h3-5,8-9H,6-7,14H2,1-2H3. The van der Waals surface area contributed by atoms with Crippen LogP contribution < -0.4 is 10.8 Å². The third kappa shape index (κ3) is 1.90. The third-order valence-corrected chi connectivity index (χ3v) is 3.40. The lowest BCUT2D eigenvalue weighted by atomic mass is 10.1. The average molecular weight is 241 g/mol. The number of hydrogen-bond acceptors (Lipinski definition) is 3. The second kappa shape index (κ2) is 4.62. The molecule has 0 spiro atoms. The molecular weight excluding hydrogens is 224 g/mol. The molecule has 0 aliphatic carbocycles. The van der Waals surface area contributed by atoms with Gasteiger partial charge in [0.05, 0.1) is 12.6 Å². The molecule has 1 aromatic carbocycles. The molecule has 0 fully saturated rings. The van der Waals surface area contributed by atoms with Crippen molar-refractivity contribution in [3.8, 4) is 0 Å². The van der Waals surface area contributed by atoms with E-state index in [9.17, 15) is 0 Å². The predicted octanol–water partition coefficient (Wildman–Crippen LogP) is 2.37. The Morgan fingerprint density at radius 2 is 2.31 bits per heavy atom. The second-order valence-electron chi connectivity index (χ2n) is 4.43. The summed E-state index contributed by atoms with van der Waals surface area (Å²) in [5.41, 5.74) is 2.42. The topological polar surface area (TPSA) is 38.5 Å². The maximum atomic E-state index is 6.21. The molecule has 1 aromatic rings. The van der Waals surface area contributed by atoms with Gasteiger partial charge in [0, 0.05) is 16.8 Å². The number of anilines is 1. The van der Waals surface area contributed by atoms with Crippen molar-refractivity contribution in [2.24, 2.45) is 5.90 Å². The fraction of sp³-hybridized carbons (Fsp3) is 0.500. The van der Waals surface area contributed by atoms with Crippen LogP contribution in [-0.4, -0.2) is 18.7 Å². The predicted molar refractivity (Wildman–Crippen MR) is 66.7 cm³/mol. The van der Waals surface area contributed by atoms with Crippen molar-refractivity contribution in [1.29, 1.82) is 0 Å². The van der Waals surface area contributed by atoms with Gasteiger partial charge in [0.1, 0.15) is 0 Å². The highest BCUT2D eigenvalue weighted by Gasteiger charge is 2.32. The monoisotopic (exact) mass is 240 g/mol. The number of nitrogens with zero attached hydrogens (tertiary/aromatic N) is 1. The first-order valence-corrected chi connectivity index (χ1v) is 5.90. The molecule has 1 aliphatic heterocycles. The summed E-state index contributed by atoms with van der Waals surface area (Å²) in [5, 5.41) is 0.836. The number of halogens is 1. The highest BCUT2D eigenvalue weighted by molar-refractivity contribution is 6.31. The van der Waals surface area contributed by atoms with Crippen molar-refractivity contribution in [3.63, 3.8) is 0 Å². The van der Waals surface area contributed by atoms with E-state index in [0.717, 1.165) is 11.4 Å². The minimum Gasteiger partial charge on any atom is -0.363 e. The van der Waals surface area contributed by atoms with Gasteiger partial charge < -0.3 is 9.74 Å². The molecule has 0 radical (unpaired) electrons. The Labute approximate surface area is 101 Å². The number of hydrogen-bond donors (Lipinski definition) is 1. The van der Waals surface area contributed by atoms with Crippen LogP contribution in [-0.2, 0) is 11.3 Å². The molecule has 3 nitrogen and oxygen atoms in total. The van der Waals surface area contributed by atoms with Gasteiger partial charge >= 0.3 is 0 Å². The fourth-order valence-corrected chi connectivity index (χ4v) is 2.72. The number of fused-ring (bicyclic) bond motifs is 1. The summed E-state index contributed by atoms with van der Waals surface area (Å²) < 4.78 is 0.